The van der Waals surface area contributed by atoms with Crippen molar-refractivity contribution in [2.45, 2.75) is 33.4 Å². The summed E-state index contributed by atoms with van der Waals surface area (Å²) in [6.07, 6.45) is 3.77. The lowest BCUT2D eigenvalue weighted by Crippen LogP contribution is -2.25. The highest BCUT2D eigenvalue weighted by Gasteiger charge is 2.08. The average molecular weight is 287 g/mol. The molecular formula is C16H21N3O2. The van der Waals surface area contributed by atoms with Gasteiger partial charge in [0.25, 0.3) is 5.91 Å². The molecule has 0 fully saturated rings. The van der Waals surface area contributed by atoms with Gasteiger partial charge in [-0.25, -0.2) is 4.68 Å². The van der Waals surface area contributed by atoms with E-state index in [1.165, 1.54) is 0 Å². The predicted molar refractivity (Wildman–Crippen MR) is 81.3 cm³/mol. The van der Waals surface area contributed by atoms with Crippen molar-refractivity contribution in [2.75, 3.05) is 6.54 Å². The highest BCUT2D eigenvalue weighted by atomic mass is 16.5. The number of amides is 1. The number of benzene rings is 1. The molecule has 0 aliphatic carbocycles. The zero-order valence-corrected chi connectivity index (χ0v) is 12.5. The number of hydrogen-bond acceptors (Lipinski definition) is 3. The maximum Gasteiger partial charge on any atom is 0.271 e. The number of nitrogens with zero attached hydrogens (tertiary/aromatic N) is 2. The molecule has 2 rings (SSSR count). The molecule has 0 radical (unpaired) electrons. The summed E-state index contributed by atoms with van der Waals surface area (Å²) in [6.45, 7) is 5.05. The van der Waals surface area contributed by atoms with Crippen LogP contribution in [0.1, 0.15) is 35.8 Å². The second-order valence-corrected chi connectivity index (χ2v) is 4.89. The number of nitrogens with one attached hydrogen (secondary N) is 1. The summed E-state index contributed by atoms with van der Waals surface area (Å²) < 4.78 is 7.30. The molecule has 1 N–H and O–H groups in total. The summed E-state index contributed by atoms with van der Waals surface area (Å²) in [5, 5.41) is 7.05. The molecular weight excluding hydrogens is 266 g/mol. The van der Waals surface area contributed by atoms with Gasteiger partial charge in [-0.3, -0.25) is 4.79 Å². The number of ether oxygens (including phenoxy) is 1. The van der Waals surface area contributed by atoms with Crippen LogP contribution < -0.4 is 10.1 Å². The minimum atomic E-state index is -0.141. The molecule has 1 amide bonds. The Morgan fingerprint density at radius 3 is 2.90 bits per heavy atom. The molecule has 112 valence electrons. The van der Waals surface area contributed by atoms with E-state index in [0.29, 0.717) is 12.2 Å². The second-order valence-electron chi connectivity index (χ2n) is 4.89. The Labute approximate surface area is 124 Å². The van der Waals surface area contributed by atoms with Crippen LogP contribution >= 0.6 is 0 Å². The predicted octanol–water partition coefficient (Wildman–Crippen LogP) is 2.76. The van der Waals surface area contributed by atoms with Gasteiger partial charge in [-0.1, -0.05) is 31.5 Å². The van der Waals surface area contributed by atoms with Crippen LogP contribution in [0.4, 0.5) is 0 Å². The Morgan fingerprint density at radius 2 is 2.14 bits per heavy atom. The van der Waals surface area contributed by atoms with Crippen LogP contribution in [0.3, 0.4) is 0 Å². The molecule has 0 atom stereocenters. The largest absolute Gasteiger partial charge is 0.471 e. The van der Waals surface area contributed by atoms with E-state index in [1.807, 2.05) is 31.2 Å². The number of carbonyl (C=O) groups is 1. The van der Waals surface area contributed by atoms with Gasteiger partial charge in [0.1, 0.15) is 11.4 Å². The van der Waals surface area contributed by atoms with Crippen molar-refractivity contribution < 1.29 is 9.53 Å². The smallest absolute Gasteiger partial charge is 0.271 e. The molecule has 0 unspecified atom stereocenters. The number of aryl methyl sites for hydroxylation is 1. The standard InChI is InChI=1S/C16H21N3O2/c1-3-4-10-17-16(20)14-9-11-19(18-14)12-21-15-8-6-5-7-13(15)2/h5-9,11H,3-4,10,12H2,1-2H3,(H,17,20). The van der Waals surface area contributed by atoms with Crippen molar-refractivity contribution in [3.63, 3.8) is 0 Å². The highest BCUT2D eigenvalue weighted by molar-refractivity contribution is 5.92. The van der Waals surface area contributed by atoms with Gasteiger partial charge in [0.05, 0.1) is 0 Å². The lowest BCUT2D eigenvalue weighted by Gasteiger charge is -2.08. The Kier molecular flexibility index (Phi) is 5.37. The normalized spacial score (nSPS) is 10.4. The minimum Gasteiger partial charge on any atom is -0.471 e. The Bertz CT molecular complexity index is 593. The number of rotatable bonds is 7. The summed E-state index contributed by atoms with van der Waals surface area (Å²) in [7, 11) is 0. The first-order valence-corrected chi connectivity index (χ1v) is 7.20. The van der Waals surface area contributed by atoms with Crippen LogP contribution in [-0.2, 0) is 6.73 Å². The monoisotopic (exact) mass is 287 g/mol. The minimum absolute atomic E-state index is 0.141. The molecule has 1 aromatic heterocycles. The van der Waals surface area contributed by atoms with E-state index in [1.54, 1.807) is 16.9 Å². The number of hydrogen-bond donors (Lipinski definition) is 1. The SMILES string of the molecule is CCCCNC(=O)c1ccn(COc2ccccc2C)n1. The second kappa shape index (κ2) is 7.47. The molecule has 0 bridgehead atoms. The van der Waals surface area contributed by atoms with E-state index in [-0.39, 0.29) is 12.6 Å². The van der Waals surface area contributed by atoms with Crippen LogP contribution in [0, 0.1) is 6.92 Å². The van der Waals surface area contributed by atoms with Crippen LogP contribution in [0.2, 0.25) is 0 Å². The fourth-order valence-electron chi connectivity index (χ4n) is 1.88. The fraction of sp³-hybridized carbons (Fsp3) is 0.375. The van der Waals surface area contributed by atoms with Crippen LogP contribution in [-0.4, -0.2) is 22.2 Å². The van der Waals surface area contributed by atoms with Crippen molar-refractivity contribution in [3.8, 4) is 5.75 Å². The molecule has 21 heavy (non-hydrogen) atoms. The Hall–Kier alpha value is -2.30. The fourth-order valence-corrected chi connectivity index (χ4v) is 1.88. The molecule has 0 saturated carbocycles. The third-order valence-corrected chi connectivity index (χ3v) is 3.14. The summed E-state index contributed by atoms with van der Waals surface area (Å²) in [6, 6.07) is 9.50. The van der Waals surface area contributed by atoms with Gasteiger partial charge in [0.15, 0.2) is 6.73 Å². The summed E-state index contributed by atoms with van der Waals surface area (Å²) >= 11 is 0. The zero-order chi connectivity index (χ0) is 15.1. The van der Waals surface area contributed by atoms with Crippen LogP contribution in [0.15, 0.2) is 36.5 Å². The van der Waals surface area contributed by atoms with E-state index >= 15 is 0 Å². The van der Waals surface area contributed by atoms with Gasteiger partial charge in [-0.05, 0) is 31.0 Å². The van der Waals surface area contributed by atoms with Gasteiger partial charge >= 0.3 is 0 Å². The van der Waals surface area contributed by atoms with Gasteiger partial charge in [-0.2, -0.15) is 5.10 Å². The van der Waals surface area contributed by atoms with Crippen molar-refractivity contribution in [1.29, 1.82) is 0 Å². The number of carbonyl (C=O) groups excluding carboxylic acids is 1. The summed E-state index contributed by atoms with van der Waals surface area (Å²) in [4.78, 5) is 11.8. The number of aromatic nitrogens is 2. The molecule has 0 aliphatic heterocycles. The maximum absolute atomic E-state index is 11.8. The average Bonchev–Trinajstić information content (AvgIpc) is 2.95. The molecule has 1 aromatic carbocycles. The number of para-hydroxylation sites is 1. The van der Waals surface area contributed by atoms with Gasteiger partial charge in [-0.15, -0.1) is 0 Å². The quantitative estimate of drug-likeness (QED) is 0.797. The molecule has 5 nitrogen and oxygen atoms in total. The lowest BCUT2D eigenvalue weighted by atomic mass is 10.2. The zero-order valence-electron chi connectivity index (χ0n) is 12.5. The molecule has 0 aliphatic rings. The summed E-state index contributed by atoms with van der Waals surface area (Å²) in [5.41, 5.74) is 1.49. The van der Waals surface area contributed by atoms with Gasteiger partial charge in [0.2, 0.25) is 0 Å². The summed E-state index contributed by atoms with van der Waals surface area (Å²) in [5.74, 6) is 0.681. The van der Waals surface area contributed by atoms with E-state index in [2.05, 4.69) is 17.3 Å². The first-order valence-electron chi connectivity index (χ1n) is 7.20. The Morgan fingerprint density at radius 1 is 1.33 bits per heavy atom. The van der Waals surface area contributed by atoms with Crippen LogP contribution in [0.25, 0.3) is 0 Å². The molecule has 1 heterocycles. The third kappa shape index (κ3) is 4.34. The molecule has 0 saturated heterocycles. The lowest BCUT2D eigenvalue weighted by molar-refractivity contribution is 0.0946. The van der Waals surface area contributed by atoms with Gasteiger partial charge in [0, 0.05) is 12.7 Å². The molecule has 2 aromatic rings. The Balaban J connectivity index is 1.88. The van der Waals surface area contributed by atoms with Crippen molar-refractivity contribution >= 4 is 5.91 Å². The first kappa shape index (κ1) is 15.1. The van der Waals surface area contributed by atoms with Crippen molar-refractivity contribution in [2.24, 2.45) is 0 Å². The van der Waals surface area contributed by atoms with E-state index in [0.717, 1.165) is 24.2 Å². The molecule has 0 spiro atoms. The number of unbranched alkanes of at least 4 members (excludes halogenated alkanes) is 1. The topological polar surface area (TPSA) is 56.2 Å². The maximum atomic E-state index is 11.8. The van der Waals surface area contributed by atoms with E-state index in [4.69, 9.17) is 4.74 Å². The van der Waals surface area contributed by atoms with Crippen molar-refractivity contribution in [1.82, 2.24) is 15.1 Å². The highest BCUT2D eigenvalue weighted by Crippen LogP contribution is 2.16. The molecule has 5 heteroatoms. The van der Waals surface area contributed by atoms with Gasteiger partial charge < -0.3 is 10.1 Å². The third-order valence-electron chi connectivity index (χ3n) is 3.14. The first-order chi connectivity index (χ1) is 10.2. The van der Waals surface area contributed by atoms with E-state index < -0.39 is 0 Å². The van der Waals surface area contributed by atoms with Crippen LogP contribution in [0.5, 0.6) is 5.75 Å². The van der Waals surface area contributed by atoms with E-state index in [9.17, 15) is 4.79 Å². The van der Waals surface area contributed by atoms with Crippen molar-refractivity contribution in [3.05, 3.63) is 47.8 Å².